The number of hydrogen-bond acceptors (Lipinski definition) is 9. The van der Waals surface area contributed by atoms with Crippen LogP contribution in [0, 0.1) is 6.92 Å². The molecule has 29 heavy (non-hydrogen) atoms. The molecule has 0 saturated carbocycles. The van der Waals surface area contributed by atoms with Gasteiger partial charge in [0, 0.05) is 17.2 Å². The summed E-state index contributed by atoms with van der Waals surface area (Å²) in [5, 5.41) is 4.03. The zero-order valence-electron chi connectivity index (χ0n) is 16.1. The highest BCUT2D eigenvalue weighted by atomic mass is 31.2. The molecule has 3 rings (SSSR count). The number of nitrogens with zero attached hydrogens (tertiary/aromatic N) is 1. The summed E-state index contributed by atoms with van der Waals surface area (Å²) in [5.74, 6) is 1.19. The highest BCUT2D eigenvalue weighted by Crippen LogP contribution is 2.44. The largest absolute Gasteiger partial charge is 0.780 e. The summed E-state index contributed by atoms with van der Waals surface area (Å²) in [5.41, 5.74) is 2.54. The Balaban J connectivity index is 2.17. The maximum atomic E-state index is 11.2. The molecule has 0 spiro atoms. The second kappa shape index (κ2) is 8.16. The molecule has 0 bridgehead atoms. The number of benzene rings is 2. The van der Waals surface area contributed by atoms with E-state index in [2.05, 4.69) is 9.68 Å². The molecule has 2 aromatic carbocycles. The molecule has 0 aliphatic heterocycles. The molecule has 9 nitrogen and oxygen atoms in total. The molecule has 0 amide bonds. The van der Waals surface area contributed by atoms with Crippen molar-refractivity contribution < 1.29 is 37.6 Å². The summed E-state index contributed by atoms with van der Waals surface area (Å²) in [6.45, 7) is 1.84. The number of aryl methyl sites for hydroxylation is 1. The third-order valence-electron chi connectivity index (χ3n) is 4.20. The van der Waals surface area contributed by atoms with Crippen molar-refractivity contribution in [2.24, 2.45) is 0 Å². The molecule has 0 atom stereocenters. The van der Waals surface area contributed by atoms with Crippen LogP contribution in [-0.4, -0.2) is 26.5 Å². The predicted octanol–water partition coefficient (Wildman–Crippen LogP) is 2.55. The molecular formula is C19H18NO8P-2. The van der Waals surface area contributed by atoms with Gasteiger partial charge >= 0.3 is 0 Å². The Kier molecular flexibility index (Phi) is 5.83. The lowest BCUT2D eigenvalue weighted by atomic mass is 9.99. The predicted molar refractivity (Wildman–Crippen MR) is 100 cm³/mol. The van der Waals surface area contributed by atoms with Crippen molar-refractivity contribution in [2.45, 2.75) is 6.92 Å². The highest BCUT2D eigenvalue weighted by Gasteiger charge is 2.20. The molecule has 1 aromatic heterocycles. The number of rotatable bonds is 7. The second-order valence-electron chi connectivity index (χ2n) is 6.01. The Morgan fingerprint density at radius 1 is 0.966 bits per heavy atom. The summed E-state index contributed by atoms with van der Waals surface area (Å²) in [7, 11) is -0.848. The first-order valence-corrected chi connectivity index (χ1v) is 9.81. The molecule has 0 aliphatic rings. The lowest BCUT2D eigenvalue weighted by Crippen LogP contribution is -2.18. The van der Waals surface area contributed by atoms with Crippen LogP contribution >= 0.6 is 7.82 Å². The average molecular weight is 419 g/mol. The van der Waals surface area contributed by atoms with E-state index in [0.29, 0.717) is 39.6 Å². The molecule has 0 N–H and O–H groups in total. The minimum absolute atomic E-state index is 0.195. The van der Waals surface area contributed by atoms with Gasteiger partial charge in [-0.3, -0.25) is 0 Å². The van der Waals surface area contributed by atoms with Gasteiger partial charge in [-0.25, -0.2) is 0 Å². The van der Waals surface area contributed by atoms with Gasteiger partial charge in [-0.1, -0.05) is 5.16 Å². The van der Waals surface area contributed by atoms with E-state index in [0.717, 1.165) is 5.56 Å². The number of methoxy groups -OCH3 is 3. The van der Waals surface area contributed by atoms with Crippen molar-refractivity contribution in [1.29, 1.82) is 0 Å². The summed E-state index contributed by atoms with van der Waals surface area (Å²) >= 11 is 0. The van der Waals surface area contributed by atoms with Gasteiger partial charge in [0.05, 0.1) is 26.9 Å². The van der Waals surface area contributed by atoms with Crippen LogP contribution in [-0.2, 0) is 4.57 Å². The minimum atomic E-state index is -5.31. The van der Waals surface area contributed by atoms with E-state index in [-0.39, 0.29) is 5.75 Å². The van der Waals surface area contributed by atoms with Crippen LogP contribution in [0.1, 0.15) is 5.56 Å². The SMILES string of the molecule is COc1ccc(-c2conc2-c2cc(C)c(OC)c(OC)c2)c(OP(=O)([O-])[O-])c1. The van der Waals surface area contributed by atoms with Crippen molar-refractivity contribution >= 4 is 7.82 Å². The number of ether oxygens (including phenoxy) is 3. The van der Waals surface area contributed by atoms with E-state index in [1.165, 1.54) is 33.7 Å². The molecule has 3 aromatic rings. The second-order valence-corrected chi connectivity index (χ2v) is 7.08. The fourth-order valence-electron chi connectivity index (χ4n) is 2.98. The number of phosphoric acid groups is 1. The summed E-state index contributed by atoms with van der Waals surface area (Å²) in [4.78, 5) is 22.4. The Hall–Kier alpha value is -3.00. The molecule has 0 fully saturated rings. The third-order valence-corrected chi connectivity index (χ3v) is 4.62. The molecule has 0 saturated heterocycles. The summed E-state index contributed by atoms with van der Waals surface area (Å²) in [6.07, 6.45) is 1.33. The van der Waals surface area contributed by atoms with Crippen molar-refractivity contribution in [3.8, 4) is 45.4 Å². The summed E-state index contributed by atoms with van der Waals surface area (Å²) < 4.78 is 36.8. The van der Waals surface area contributed by atoms with Crippen LogP contribution in [0.5, 0.6) is 23.0 Å². The molecule has 154 valence electrons. The first kappa shape index (κ1) is 20.7. The average Bonchev–Trinajstić information content (AvgIpc) is 3.15. The topological polar surface area (TPSA) is 126 Å². The van der Waals surface area contributed by atoms with E-state index in [4.69, 9.17) is 18.7 Å². The van der Waals surface area contributed by atoms with Crippen molar-refractivity contribution in [3.63, 3.8) is 0 Å². The van der Waals surface area contributed by atoms with Gasteiger partial charge in [0.25, 0.3) is 0 Å². The van der Waals surface area contributed by atoms with Gasteiger partial charge in [0.15, 0.2) is 11.5 Å². The van der Waals surface area contributed by atoms with E-state index < -0.39 is 7.82 Å². The maximum Gasteiger partial charge on any atom is 0.163 e. The molecule has 0 aliphatic carbocycles. The first-order valence-electron chi connectivity index (χ1n) is 8.34. The van der Waals surface area contributed by atoms with Gasteiger partial charge in [-0.05, 0) is 36.8 Å². The van der Waals surface area contributed by atoms with Crippen molar-refractivity contribution in [2.75, 3.05) is 21.3 Å². The van der Waals surface area contributed by atoms with Crippen molar-refractivity contribution in [3.05, 3.63) is 42.2 Å². The molecule has 0 radical (unpaired) electrons. The smallest absolute Gasteiger partial charge is 0.163 e. The monoisotopic (exact) mass is 419 g/mol. The molecule has 10 heteroatoms. The minimum Gasteiger partial charge on any atom is -0.780 e. The van der Waals surface area contributed by atoms with Gasteiger partial charge in [0.2, 0.25) is 0 Å². The van der Waals surface area contributed by atoms with E-state index in [9.17, 15) is 14.4 Å². The summed E-state index contributed by atoms with van der Waals surface area (Å²) in [6, 6.07) is 7.98. The first-order chi connectivity index (χ1) is 13.8. The van der Waals surface area contributed by atoms with Gasteiger partial charge < -0.3 is 37.6 Å². The standard InChI is InChI=1S/C19H20NO8P/c1-11-7-12(8-17(25-3)19(11)26-4)18-15(10-27-20-18)14-6-5-13(24-2)9-16(14)28-29(21,22)23/h5-10H,1-4H3,(H2,21,22,23)/p-2. The Bertz CT molecular complexity index is 1070. The van der Waals surface area contributed by atoms with E-state index >= 15 is 0 Å². The lowest BCUT2D eigenvalue weighted by Gasteiger charge is -2.30. The fourth-order valence-corrected chi connectivity index (χ4v) is 3.37. The Morgan fingerprint density at radius 3 is 2.34 bits per heavy atom. The van der Waals surface area contributed by atoms with Crippen LogP contribution in [0.2, 0.25) is 0 Å². The van der Waals surface area contributed by atoms with Crippen LogP contribution < -0.4 is 28.5 Å². The quantitative estimate of drug-likeness (QED) is 0.531. The van der Waals surface area contributed by atoms with Crippen LogP contribution in [0.25, 0.3) is 22.4 Å². The molecular weight excluding hydrogens is 401 g/mol. The Morgan fingerprint density at radius 2 is 1.72 bits per heavy atom. The van der Waals surface area contributed by atoms with Crippen LogP contribution in [0.4, 0.5) is 0 Å². The van der Waals surface area contributed by atoms with Gasteiger partial charge in [-0.2, -0.15) is 0 Å². The Labute approximate surface area is 167 Å². The van der Waals surface area contributed by atoms with E-state index in [1.54, 1.807) is 18.2 Å². The van der Waals surface area contributed by atoms with Gasteiger partial charge in [0.1, 0.15) is 31.3 Å². The molecule has 0 unspecified atom stereocenters. The van der Waals surface area contributed by atoms with Crippen LogP contribution in [0.3, 0.4) is 0 Å². The number of phosphoric ester groups is 1. The third kappa shape index (κ3) is 4.37. The molecule has 1 heterocycles. The van der Waals surface area contributed by atoms with E-state index in [1.807, 2.05) is 13.0 Å². The zero-order valence-corrected chi connectivity index (χ0v) is 17.0. The zero-order chi connectivity index (χ0) is 21.2. The lowest BCUT2D eigenvalue weighted by molar-refractivity contribution is -0.333. The number of hydrogen-bond donors (Lipinski definition) is 0. The number of aromatic nitrogens is 1. The highest BCUT2D eigenvalue weighted by molar-refractivity contribution is 7.43. The fraction of sp³-hybridized carbons (Fsp3) is 0.211. The van der Waals surface area contributed by atoms with Crippen LogP contribution in [0.15, 0.2) is 41.1 Å². The van der Waals surface area contributed by atoms with Crippen molar-refractivity contribution in [1.82, 2.24) is 5.16 Å². The maximum absolute atomic E-state index is 11.2. The normalized spacial score (nSPS) is 11.2. The van der Waals surface area contributed by atoms with Gasteiger partial charge in [-0.15, -0.1) is 0 Å².